The summed E-state index contributed by atoms with van der Waals surface area (Å²) in [6.07, 6.45) is -0.515. The third-order valence-electron chi connectivity index (χ3n) is 3.81. The van der Waals surface area contributed by atoms with Crippen molar-refractivity contribution < 1.29 is 9.90 Å². The van der Waals surface area contributed by atoms with Crippen LogP contribution in [0.15, 0.2) is 18.2 Å². The molecule has 3 N–H and O–H groups in total. The molecule has 4 nitrogen and oxygen atoms in total. The lowest BCUT2D eigenvalue weighted by Crippen LogP contribution is -2.34. The highest BCUT2D eigenvalue weighted by Crippen LogP contribution is 2.22. The number of carbonyl (C=O) groups is 1. The van der Waals surface area contributed by atoms with Crippen LogP contribution in [0.1, 0.15) is 35.5 Å². The van der Waals surface area contributed by atoms with Crippen molar-refractivity contribution in [2.45, 2.75) is 33.8 Å². The van der Waals surface area contributed by atoms with Crippen LogP contribution in [0.25, 0.3) is 10.9 Å². The summed E-state index contributed by atoms with van der Waals surface area (Å²) in [5.41, 5.74) is 3.94. The lowest BCUT2D eigenvalue weighted by molar-refractivity contribution is 0.0872. The van der Waals surface area contributed by atoms with E-state index in [2.05, 4.69) is 10.3 Å². The van der Waals surface area contributed by atoms with Gasteiger partial charge in [-0.25, -0.2) is 0 Å². The smallest absolute Gasteiger partial charge is 0.251 e. The first-order valence-corrected chi connectivity index (χ1v) is 6.95. The van der Waals surface area contributed by atoms with Crippen LogP contribution in [-0.2, 0) is 0 Å². The highest BCUT2D eigenvalue weighted by molar-refractivity contribution is 5.99. The van der Waals surface area contributed by atoms with Gasteiger partial charge in [-0.05, 0) is 43.5 Å². The molecule has 0 radical (unpaired) electrons. The molecule has 0 saturated heterocycles. The Balaban J connectivity index is 2.16. The molecule has 0 aliphatic heterocycles. The first-order chi connectivity index (χ1) is 9.40. The van der Waals surface area contributed by atoms with Crippen LogP contribution in [-0.4, -0.2) is 28.6 Å². The molecule has 0 fully saturated rings. The zero-order chi connectivity index (χ0) is 14.9. The van der Waals surface area contributed by atoms with Crippen LogP contribution in [0.5, 0.6) is 0 Å². The highest BCUT2D eigenvalue weighted by atomic mass is 16.3. The summed E-state index contributed by atoms with van der Waals surface area (Å²) in [6, 6.07) is 5.61. The number of amides is 1. The number of aromatic amines is 1. The highest BCUT2D eigenvalue weighted by Gasteiger charge is 2.13. The Hall–Kier alpha value is -1.81. The summed E-state index contributed by atoms with van der Waals surface area (Å²) >= 11 is 0. The van der Waals surface area contributed by atoms with Crippen LogP contribution < -0.4 is 5.32 Å². The van der Waals surface area contributed by atoms with E-state index >= 15 is 0 Å². The Bertz CT molecular complexity index is 629. The van der Waals surface area contributed by atoms with Crippen LogP contribution in [0.3, 0.4) is 0 Å². The van der Waals surface area contributed by atoms with E-state index in [4.69, 9.17) is 0 Å². The van der Waals surface area contributed by atoms with Gasteiger partial charge >= 0.3 is 0 Å². The van der Waals surface area contributed by atoms with Gasteiger partial charge in [0.1, 0.15) is 0 Å². The molecule has 2 aromatic rings. The number of aryl methyl sites for hydroxylation is 2. The summed E-state index contributed by atoms with van der Waals surface area (Å²) in [5.74, 6) is -0.0165. The molecular weight excluding hydrogens is 252 g/mol. The fourth-order valence-electron chi connectivity index (χ4n) is 2.14. The van der Waals surface area contributed by atoms with Gasteiger partial charge < -0.3 is 15.4 Å². The fraction of sp³-hybridized carbons (Fsp3) is 0.438. The first-order valence-electron chi connectivity index (χ1n) is 6.95. The van der Waals surface area contributed by atoms with Crippen molar-refractivity contribution in [1.82, 2.24) is 10.3 Å². The minimum Gasteiger partial charge on any atom is -0.391 e. The maximum absolute atomic E-state index is 12.1. The fourth-order valence-corrected chi connectivity index (χ4v) is 2.14. The van der Waals surface area contributed by atoms with Gasteiger partial charge in [0, 0.05) is 28.7 Å². The van der Waals surface area contributed by atoms with Crippen molar-refractivity contribution in [3.8, 4) is 0 Å². The van der Waals surface area contributed by atoms with Gasteiger partial charge in [0.25, 0.3) is 5.91 Å². The Morgan fingerprint density at radius 3 is 2.70 bits per heavy atom. The molecule has 0 aliphatic rings. The molecule has 0 bridgehead atoms. The third-order valence-corrected chi connectivity index (χ3v) is 3.81. The number of aliphatic hydroxyl groups excluding tert-OH is 1. The van der Waals surface area contributed by atoms with Gasteiger partial charge in [0.15, 0.2) is 0 Å². The number of rotatable bonds is 4. The molecular formula is C16H22N2O2. The molecule has 1 aromatic heterocycles. The number of aromatic nitrogens is 1. The SMILES string of the molecule is Cc1[nH]c2ccc(C(=O)NCC(O)C(C)C)cc2c1C. The topological polar surface area (TPSA) is 65.1 Å². The Labute approximate surface area is 119 Å². The summed E-state index contributed by atoms with van der Waals surface area (Å²) in [6.45, 7) is 8.19. The van der Waals surface area contributed by atoms with Crippen LogP contribution in [0, 0.1) is 19.8 Å². The molecule has 0 saturated carbocycles. The average Bonchev–Trinajstić information content (AvgIpc) is 2.70. The Kier molecular flexibility index (Phi) is 4.14. The molecule has 0 spiro atoms. The molecule has 1 aromatic carbocycles. The van der Waals surface area contributed by atoms with E-state index in [1.54, 1.807) is 6.07 Å². The molecule has 20 heavy (non-hydrogen) atoms. The average molecular weight is 274 g/mol. The molecule has 0 aliphatic carbocycles. The first kappa shape index (κ1) is 14.6. The lowest BCUT2D eigenvalue weighted by Gasteiger charge is -2.15. The Morgan fingerprint density at radius 2 is 2.05 bits per heavy atom. The zero-order valence-electron chi connectivity index (χ0n) is 12.4. The molecule has 1 amide bonds. The van der Waals surface area contributed by atoms with E-state index < -0.39 is 6.10 Å². The maximum atomic E-state index is 12.1. The number of hydrogen-bond acceptors (Lipinski definition) is 2. The largest absolute Gasteiger partial charge is 0.391 e. The molecule has 1 heterocycles. The standard InChI is InChI=1S/C16H22N2O2/c1-9(2)15(19)8-17-16(20)12-5-6-14-13(7-12)10(3)11(4)18-14/h5-7,9,15,18-19H,8H2,1-4H3,(H,17,20). The quantitative estimate of drug-likeness (QED) is 0.802. The van der Waals surface area contributed by atoms with Crippen LogP contribution in [0.4, 0.5) is 0 Å². The minimum atomic E-state index is -0.515. The van der Waals surface area contributed by atoms with E-state index in [-0.39, 0.29) is 18.4 Å². The van der Waals surface area contributed by atoms with E-state index in [1.165, 1.54) is 0 Å². The van der Waals surface area contributed by atoms with Gasteiger partial charge in [-0.15, -0.1) is 0 Å². The molecule has 1 unspecified atom stereocenters. The number of nitrogens with one attached hydrogen (secondary N) is 2. The van der Waals surface area contributed by atoms with Gasteiger partial charge in [0.2, 0.25) is 0 Å². The third kappa shape index (κ3) is 2.85. The second kappa shape index (κ2) is 5.67. The van der Waals surface area contributed by atoms with Crippen molar-refractivity contribution >= 4 is 16.8 Å². The number of aliphatic hydroxyl groups is 1. The van der Waals surface area contributed by atoms with Crippen molar-refractivity contribution in [1.29, 1.82) is 0 Å². The van der Waals surface area contributed by atoms with E-state index in [1.807, 2.05) is 39.8 Å². The van der Waals surface area contributed by atoms with E-state index in [9.17, 15) is 9.90 Å². The van der Waals surface area contributed by atoms with Gasteiger partial charge in [-0.3, -0.25) is 4.79 Å². The lowest BCUT2D eigenvalue weighted by atomic mass is 10.1. The van der Waals surface area contributed by atoms with Crippen molar-refractivity contribution in [3.05, 3.63) is 35.0 Å². The molecule has 2 rings (SSSR count). The zero-order valence-corrected chi connectivity index (χ0v) is 12.4. The predicted molar refractivity (Wildman–Crippen MR) is 81.0 cm³/mol. The second-order valence-corrected chi connectivity index (χ2v) is 5.66. The van der Waals surface area contributed by atoms with Crippen molar-refractivity contribution in [3.63, 3.8) is 0 Å². The number of fused-ring (bicyclic) bond motifs is 1. The van der Waals surface area contributed by atoms with Gasteiger partial charge in [-0.1, -0.05) is 13.8 Å². The van der Waals surface area contributed by atoms with E-state index in [0.717, 1.165) is 22.2 Å². The molecule has 108 valence electrons. The summed E-state index contributed by atoms with van der Waals surface area (Å²) < 4.78 is 0. The second-order valence-electron chi connectivity index (χ2n) is 5.66. The van der Waals surface area contributed by atoms with Gasteiger partial charge in [0.05, 0.1) is 6.10 Å². The van der Waals surface area contributed by atoms with Crippen LogP contribution >= 0.6 is 0 Å². The maximum Gasteiger partial charge on any atom is 0.251 e. The van der Waals surface area contributed by atoms with Crippen LogP contribution in [0.2, 0.25) is 0 Å². The van der Waals surface area contributed by atoms with Crippen molar-refractivity contribution in [2.24, 2.45) is 5.92 Å². The summed E-state index contributed by atoms with van der Waals surface area (Å²) in [7, 11) is 0. The number of hydrogen-bond donors (Lipinski definition) is 3. The van der Waals surface area contributed by atoms with Gasteiger partial charge in [-0.2, -0.15) is 0 Å². The number of benzene rings is 1. The van der Waals surface area contributed by atoms with E-state index in [0.29, 0.717) is 5.56 Å². The number of carbonyl (C=O) groups excluding carboxylic acids is 1. The number of H-pyrrole nitrogens is 1. The minimum absolute atomic E-state index is 0.132. The summed E-state index contributed by atoms with van der Waals surface area (Å²) in [5, 5.41) is 13.6. The molecule has 1 atom stereocenters. The normalized spacial score (nSPS) is 12.9. The molecule has 4 heteroatoms. The Morgan fingerprint density at radius 1 is 1.35 bits per heavy atom. The summed E-state index contributed by atoms with van der Waals surface area (Å²) in [4.78, 5) is 15.4. The monoisotopic (exact) mass is 274 g/mol. The van der Waals surface area contributed by atoms with Crippen molar-refractivity contribution in [2.75, 3.05) is 6.54 Å². The predicted octanol–water partition coefficient (Wildman–Crippen LogP) is 2.53.